The Hall–Kier alpha value is -0.990. The fourth-order valence-electron chi connectivity index (χ4n) is 2.26. The maximum Gasteiger partial charge on any atom is 0.0459 e. The molecule has 2 nitrogen and oxygen atoms in total. The van der Waals surface area contributed by atoms with Gasteiger partial charge in [-0.15, -0.1) is 0 Å². The summed E-state index contributed by atoms with van der Waals surface area (Å²) in [6, 6.07) is 6.62. The second-order valence-electron chi connectivity index (χ2n) is 4.06. The number of H-pyrrole nitrogens is 1. The number of hydrogen-bond acceptors (Lipinski definition) is 1. The van der Waals surface area contributed by atoms with Crippen LogP contribution < -0.4 is 17.7 Å². The van der Waals surface area contributed by atoms with Crippen molar-refractivity contribution in [2.75, 3.05) is 6.54 Å². The van der Waals surface area contributed by atoms with Crippen LogP contribution in [0.25, 0.3) is 10.9 Å². The molecule has 0 saturated carbocycles. The Labute approximate surface area is 95.5 Å². The largest absolute Gasteiger partial charge is 1.00 e. The van der Waals surface area contributed by atoms with Crippen LogP contribution in [0, 0.1) is 6.92 Å². The third-order valence-corrected chi connectivity index (χ3v) is 3.00. The summed E-state index contributed by atoms with van der Waals surface area (Å²) in [5.74, 6) is 0. The van der Waals surface area contributed by atoms with Crippen LogP contribution in [0.3, 0.4) is 0 Å². The quantitative estimate of drug-likeness (QED) is 0.595. The number of aromatic amines is 1. The Kier molecular flexibility index (Phi) is 2.72. The van der Waals surface area contributed by atoms with Crippen molar-refractivity contribution in [3.05, 3.63) is 35.0 Å². The van der Waals surface area contributed by atoms with E-state index < -0.39 is 0 Å². The second kappa shape index (κ2) is 3.87. The summed E-state index contributed by atoms with van der Waals surface area (Å²) >= 11 is 0. The zero-order valence-electron chi connectivity index (χ0n) is 8.73. The number of halogens is 1. The first-order valence-corrected chi connectivity index (χ1v) is 5.15. The highest BCUT2D eigenvalue weighted by molar-refractivity contribution is 5.85. The topological polar surface area (TPSA) is 27.8 Å². The van der Waals surface area contributed by atoms with Crippen LogP contribution in [-0.4, -0.2) is 11.5 Å². The first-order chi connectivity index (χ1) is 6.84. The van der Waals surface area contributed by atoms with E-state index in [0.717, 1.165) is 19.5 Å². The van der Waals surface area contributed by atoms with Crippen LogP contribution in [0.5, 0.6) is 0 Å². The predicted octanol–water partition coefficient (Wildman–Crippen LogP) is -0.874. The standard InChI is InChI=1S/C12H14N2.ClH/c1-8-2-3-11-9(6-8)10-7-13-5-4-12(10)14-11;/h2-3,6,13-14H,4-5,7H2,1H3;1H/p-1. The monoisotopic (exact) mass is 221 g/mol. The maximum absolute atomic E-state index is 3.50. The molecule has 0 aliphatic carbocycles. The number of aromatic nitrogens is 1. The van der Waals surface area contributed by atoms with Gasteiger partial charge in [0, 0.05) is 36.1 Å². The van der Waals surface area contributed by atoms with Crippen LogP contribution in [0.1, 0.15) is 16.8 Å². The van der Waals surface area contributed by atoms with Gasteiger partial charge in [-0.2, -0.15) is 0 Å². The highest BCUT2D eigenvalue weighted by Crippen LogP contribution is 2.25. The Bertz CT molecular complexity index is 488. The molecule has 2 heterocycles. The first kappa shape index (κ1) is 10.5. The molecule has 0 atom stereocenters. The molecule has 0 spiro atoms. The number of nitrogens with one attached hydrogen (secondary N) is 2. The number of fused-ring (bicyclic) bond motifs is 3. The van der Waals surface area contributed by atoms with E-state index >= 15 is 0 Å². The number of hydrogen-bond donors (Lipinski definition) is 2. The molecule has 0 bridgehead atoms. The molecule has 2 aromatic rings. The molecule has 0 unspecified atom stereocenters. The van der Waals surface area contributed by atoms with Crippen molar-refractivity contribution < 1.29 is 12.4 Å². The normalized spacial score (nSPS) is 14.7. The fourth-order valence-corrected chi connectivity index (χ4v) is 2.26. The van der Waals surface area contributed by atoms with E-state index in [9.17, 15) is 0 Å². The summed E-state index contributed by atoms with van der Waals surface area (Å²) in [7, 11) is 0. The van der Waals surface area contributed by atoms with Gasteiger partial charge >= 0.3 is 0 Å². The van der Waals surface area contributed by atoms with Crippen LogP contribution in [0.15, 0.2) is 18.2 Å². The molecular formula is C12H14ClN2-. The van der Waals surface area contributed by atoms with Gasteiger partial charge in [0.05, 0.1) is 0 Å². The lowest BCUT2D eigenvalue weighted by Crippen LogP contribution is -3.00. The first-order valence-electron chi connectivity index (χ1n) is 5.15. The van der Waals surface area contributed by atoms with E-state index in [1.165, 1.54) is 27.7 Å². The second-order valence-corrected chi connectivity index (χ2v) is 4.06. The van der Waals surface area contributed by atoms with Gasteiger partial charge in [-0.05, 0) is 24.6 Å². The Balaban J connectivity index is 0.000000853. The zero-order valence-corrected chi connectivity index (χ0v) is 9.49. The lowest BCUT2D eigenvalue weighted by molar-refractivity contribution is -0.00000297. The van der Waals surface area contributed by atoms with Crippen molar-refractivity contribution in [3.8, 4) is 0 Å². The van der Waals surface area contributed by atoms with Gasteiger partial charge in [0.15, 0.2) is 0 Å². The molecule has 0 amide bonds. The van der Waals surface area contributed by atoms with Gasteiger partial charge in [-0.25, -0.2) is 0 Å². The van der Waals surface area contributed by atoms with Gasteiger partial charge in [-0.1, -0.05) is 11.6 Å². The molecule has 1 aromatic heterocycles. The summed E-state index contributed by atoms with van der Waals surface area (Å²) in [4.78, 5) is 3.50. The maximum atomic E-state index is 3.50. The third-order valence-electron chi connectivity index (χ3n) is 3.00. The van der Waals surface area contributed by atoms with Gasteiger partial charge in [0.25, 0.3) is 0 Å². The molecule has 3 rings (SSSR count). The van der Waals surface area contributed by atoms with Crippen LogP contribution >= 0.6 is 0 Å². The van der Waals surface area contributed by atoms with Gasteiger partial charge in [0.1, 0.15) is 0 Å². The van der Waals surface area contributed by atoms with E-state index in [0.29, 0.717) is 0 Å². The summed E-state index contributed by atoms with van der Waals surface area (Å²) < 4.78 is 0. The summed E-state index contributed by atoms with van der Waals surface area (Å²) in [6.07, 6.45) is 1.13. The molecular weight excluding hydrogens is 208 g/mol. The number of benzene rings is 1. The molecule has 3 heteroatoms. The molecule has 0 fully saturated rings. The predicted molar refractivity (Wildman–Crippen MR) is 58.4 cm³/mol. The molecule has 2 N–H and O–H groups in total. The molecule has 1 aliphatic rings. The minimum atomic E-state index is 0. The lowest BCUT2D eigenvalue weighted by Gasteiger charge is -2.12. The lowest BCUT2D eigenvalue weighted by atomic mass is 10.0. The number of aryl methyl sites for hydroxylation is 1. The molecule has 1 aromatic carbocycles. The smallest absolute Gasteiger partial charge is 0.0459 e. The van der Waals surface area contributed by atoms with Gasteiger partial charge in [-0.3, -0.25) is 0 Å². The van der Waals surface area contributed by atoms with Crippen molar-refractivity contribution in [1.82, 2.24) is 10.3 Å². The molecule has 15 heavy (non-hydrogen) atoms. The summed E-state index contributed by atoms with van der Waals surface area (Å²) in [6.45, 7) is 4.26. The highest BCUT2D eigenvalue weighted by atomic mass is 35.5. The Morgan fingerprint density at radius 2 is 2.13 bits per heavy atom. The van der Waals surface area contributed by atoms with Crippen molar-refractivity contribution in [2.24, 2.45) is 0 Å². The minimum absolute atomic E-state index is 0. The van der Waals surface area contributed by atoms with Crippen molar-refractivity contribution in [3.63, 3.8) is 0 Å². The molecule has 1 aliphatic heterocycles. The summed E-state index contributed by atoms with van der Waals surface area (Å²) in [5, 5.41) is 4.81. The SMILES string of the molecule is Cc1ccc2[nH]c3c(c2c1)CNCC3.[Cl-]. The average molecular weight is 222 g/mol. The van der Waals surface area contributed by atoms with E-state index in [1.807, 2.05) is 0 Å². The minimum Gasteiger partial charge on any atom is -1.00 e. The molecule has 0 radical (unpaired) electrons. The van der Waals surface area contributed by atoms with Gasteiger partial charge < -0.3 is 22.7 Å². The molecule has 80 valence electrons. The van der Waals surface area contributed by atoms with Crippen LogP contribution in [-0.2, 0) is 13.0 Å². The van der Waals surface area contributed by atoms with Crippen molar-refractivity contribution in [2.45, 2.75) is 19.9 Å². The molecule has 0 saturated heterocycles. The number of rotatable bonds is 0. The zero-order chi connectivity index (χ0) is 9.54. The Morgan fingerprint density at radius 1 is 1.27 bits per heavy atom. The van der Waals surface area contributed by atoms with Gasteiger partial charge in [0.2, 0.25) is 0 Å². The highest BCUT2D eigenvalue weighted by Gasteiger charge is 2.14. The van der Waals surface area contributed by atoms with Crippen molar-refractivity contribution >= 4 is 10.9 Å². The van der Waals surface area contributed by atoms with Crippen molar-refractivity contribution in [1.29, 1.82) is 0 Å². The van der Waals surface area contributed by atoms with E-state index in [4.69, 9.17) is 0 Å². The van der Waals surface area contributed by atoms with Crippen LogP contribution in [0.2, 0.25) is 0 Å². The third kappa shape index (κ3) is 1.64. The fraction of sp³-hybridized carbons (Fsp3) is 0.333. The average Bonchev–Trinajstić information content (AvgIpc) is 2.56. The van der Waals surface area contributed by atoms with Crippen LogP contribution in [0.4, 0.5) is 0 Å². The van der Waals surface area contributed by atoms with E-state index in [-0.39, 0.29) is 12.4 Å². The Morgan fingerprint density at radius 3 is 3.00 bits per heavy atom. The summed E-state index contributed by atoms with van der Waals surface area (Å²) in [5.41, 5.74) is 5.51. The van der Waals surface area contributed by atoms with E-state index in [2.05, 4.69) is 35.4 Å². The van der Waals surface area contributed by atoms with E-state index in [1.54, 1.807) is 0 Å².